The quantitative estimate of drug-likeness (QED) is 0.686. The highest BCUT2D eigenvalue weighted by Gasteiger charge is 2.29. The lowest BCUT2D eigenvalue weighted by atomic mass is 9.81. The van der Waals surface area contributed by atoms with E-state index in [4.69, 9.17) is 0 Å². The van der Waals surface area contributed by atoms with Crippen molar-refractivity contribution in [1.29, 1.82) is 0 Å². The number of rotatable bonds is 6. The second-order valence-electron chi connectivity index (χ2n) is 4.89. The Morgan fingerprint density at radius 2 is 2.00 bits per heavy atom. The van der Waals surface area contributed by atoms with Crippen molar-refractivity contribution in [2.24, 2.45) is 11.8 Å². The minimum atomic E-state index is 0.767. The van der Waals surface area contributed by atoms with Crippen molar-refractivity contribution in [2.75, 3.05) is 6.54 Å². The average molecular weight is 197 g/mol. The minimum absolute atomic E-state index is 0.767. The Morgan fingerprint density at radius 1 is 1.21 bits per heavy atom. The number of hydrogen-bond acceptors (Lipinski definition) is 1. The van der Waals surface area contributed by atoms with E-state index in [0.717, 1.165) is 17.9 Å². The summed E-state index contributed by atoms with van der Waals surface area (Å²) in [4.78, 5) is 0. The first-order valence-electron chi connectivity index (χ1n) is 6.53. The molecular formula is C13H27N. The van der Waals surface area contributed by atoms with Gasteiger partial charge in [0.2, 0.25) is 0 Å². The second-order valence-corrected chi connectivity index (χ2v) is 4.89. The van der Waals surface area contributed by atoms with Crippen LogP contribution < -0.4 is 5.32 Å². The lowest BCUT2D eigenvalue weighted by Gasteiger charge is -2.26. The molecule has 0 bridgehead atoms. The summed E-state index contributed by atoms with van der Waals surface area (Å²) >= 11 is 0. The van der Waals surface area contributed by atoms with E-state index >= 15 is 0 Å². The van der Waals surface area contributed by atoms with Crippen molar-refractivity contribution in [3.05, 3.63) is 0 Å². The Kier molecular flexibility index (Phi) is 5.54. The van der Waals surface area contributed by atoms with Gasteiger partial charge in [-0.15, -0.1) is 0 Å². The lowest BCUT2D eigenvalue weighted by Crippen LogP contribution is -2.28. The Bertz CT molecular complexity index is 144. The molecule has 84 valence electrons. The second kappa shape index (κ2) is 6.44. The molecule has 1 rings (SSSR count). The summed E-state index contributed by atoms with van der Waals surface area (Å²) in [7, 11) is 0. The zero-order valence-corrected chi connectivity index (χ0v) is 10.2. The van der Waals surface area contributed by atoms with Crippen LogP contribution in [0, 0.1) is 11.8 Å². The molecule has 14 heavy (non-hydrogen) atoms. The van der Waals surface area contributed by atoms with Gasteiger partial charge in [-0.1, -0.05) is 46.0 Å². The molecule has 1 N–H and O–H groups in total. The molecule has 1 fully saturated rings. The van der Waals surface area contributed by atoms with Crippen LogP contribution in [0.15, 0.2) is 0 Å². The summed E-state index contributed by atoms with van der Waals surface area (Å²) < 4.78 is 0. The van der Waals surface area contributed by atoms with Gasteiger partial charge in [0.15, 0.2) is 0 Å². The predicted molar refractivity (Wildman–Crippen MR) is 63.5 cm³/mol. The molecule has 0 amide bonds. The summed E-state index contributed by atoms with van der Waals surface area (Å²) in [5.41, 5.74) is 0. The molecule has 0 aliphatic carbocycles. The molecule has 0 aromatic rings. The average Bonchev–Trinajstić information content (AvgIpc) is 2.59. The van der Waals surface area contributed by atoms with E-state index in [1.807, 2.05) is 0 Å². The molecule has 1 aliphatic heterocycles. The van der Waals surface area contributed by atoms with Crippen molar-refractivity contribution in [3.63, 3.8) is 0 Å². The highest BCUT2D eigenvalue weighted by atomic mass is 14.9. The van der Waals surface area contributed by atoms with Crippen LogP contribution in [0.4, 0.5) is 0 Å². The van der Waals surface area contributed by atoms with Crippen molar-refractivity contribution in [2.45, 2.75) is 65.3 Å². The van der Waals surface area contributed by atoms with Gasteiger partial charge in [0.1, 0.15) is 0 Å². The van der Waals surface area contributed by atoms with Crippen LogP contribution >= 0.6 is 0 Å². The van der Waals surface area contributed by atoms with Crippen molar-refractivity contribution < 1.29 is 0 Å². The first kappa shape index (κ1) is 12.0. The molecule has 1 nitrogen and oxygen atoms in total. The van der Waals surface area contributed by atoms with Crippen LogP contribution in [0.1, 0.15) is 59.3 Å². The Balaban J connectivity index is 2.39. The summed E-state index contributed by atoms with van der Waals surface area (Å²) in [6, 6.07) is 0.767. The molecule has 0 radical (unpaired) electrons. The third kappa shape index (κ3) is 3.27. The van der Waals surface area contributed by atoms with Gasteiger partial charge in [0.05, 0.1) is 0 Å². The third-order valence-electron chi connectivity index (χ3n) is 3.78. The Hall–Kier alpha value is -0.0400. The molecule has 0 aromatic carbocycles. The number of hydrogen-bond donors (Lipinski definition) is 1. The van der Waals surface area contributed by atoms with E-state index in [1.165, 1.54) is 45.1 Å². The molecule has 0 aromatic heterocycles. The monoisotopic (exact) mass is 197 g/mol. The van der Waals surface area contributed by atoms with Gasteiger partial charge in [-0.3, -0.25) is 0 Å². The van der Waals surface area contributed by atoms with Gasteiger partial charge < -0.3 is 5.32 Å². The zero-order chi connectivity index (χ0) is 10.4. The first-order chi connectivity index (χ1) is 6.79. The van der Waals surface area contributed by atoms with Crippen molar-refractivity contribution >= 4 is 0 Å². The normalized spacial score (nSPS) is 29.4. The smallest absolute Gasteiger partial charge is 0.00701 e. The minimum Gasteiger partial charge on any atom is -0.314 e. The van der Waals surface area contributed by atoms with E-state index in [-0.39, 0.29) is 0 Å². The van der Waals surface area contributed by atoms with E-state index in [9.17, 15) is 0 Å². The maximum atomic E-state index is 3.58. The molecular weight excluding hydrogens is 170 g/mol. The van der Waals surface area contributed by atoms with Crippen LogP contribution in [0.3, 0.4) is 0 Å². The molecule has 1 aliphatic rings. The van der Waals surface area contributed by atoms with Crippen LogP contribution in [0.5, 0.6) is 0 Å². The third-order valence-corrected chi connectivity index (χ3v) is 3.78. The Morgan fingerprint density at radius 3 is 2.50 bits per heavy atom. The van der Waals surface area contributed by atoms with Crippen LogP contribution in [0.2, 0.25) is 0 Å². The summed E-state index contributed by atoms with van der Waals surface area (Å²) in [5, 5.41) is 3.58. The summed E-state index contributed by atoms with van der Waals surface area (Å²) in [5.74, 6) is 1.95. The lowest BCUT2D eigenvalue weighted by molar-refractivity contribution is 0.268. The Labute approximate surface area is 89.7 Å². The largest absolute Gasteiger partial charge is 0.314 e. The van der Waals surface area contributed by atoms with Crippen molar-refractivity contribution in [3.8, 4) is 0 Å². The molecule has 1 heteroatoms. The number of nitrogens with one attached hydrogen (secondary N) is 1. The molecule has 0 spiro atoms. The van der Waals surface area contributed by atoms with Crippen LogP contribution in [-0.2, 0) is 0 Å². The van der Waals surface area contributed by atoms with Crippen molar-refractivity contribution in [1.82, 2.24) is 5.32 Å². The molecule has 3 atom stereocenters. The van der Waals surface area contributed by atoms with Crippen LogP contribution in [-0.4, -0.2) is 12.6 Å². The standard InChI is InChI=1S/C13H27N/c1-4-6-8-12(7-5-2)13-9-10-14-11(13)3/h11-14H,4-10H2,1-3H3. The summed E-state index contributed by atoms with van der Waals surface area (Å²) in [6.45, 7) is 8.25. The molecule has 1 heterocycles. The van der Waals surface area contributed by atoms with E-state index in [0.29, 0.717) is 0 Å². The fraction of sp³-hybridized carbons (Fsp3) is 1.00. The van der Waals surface area contributed by atoms with Gasteiger partial charge in [-0.05, 0) is 31.7 Å². The van der Waals surface area contributed by atoms with Gasteiger partial charge in [-0.25, -0.2) is 0 Å². The van der Waals surface area contributed by atoms with Gasteiger partial charge >= 0.3 is 0 Å². The topological polar surface area (TPSA) is 12.0 Å². The highest BCUT2D eigenvalue weighted by Crippen LogP contribution is 2.31. The van der Waals surface area contributed by atoms with E-state index in [1.54, 1.807) is 0 Å². The van der Waals surface area contributed by atoms with E-state index < -0.39 is 0 Å². The van der Waals surface area contributed by atoms with Crippen LogP contribution in [0.25, 0.3) is 0 Å². The summed E-state index contributed by atoms with van der Waals surface area (Å²) in [6.07, 6.45) is 8.45. The van der Waals surface area contributed by atoms with E-state index in [2.05, 4.69) is 26.1 Å². The predicted octanol–water partition coefficient (Wildman–Crippen LogP) is 3.59. The number of unbranched alkanes of at least 4 members (excludes halogenated alkanes) is 1. The maximum Gasteiger partial charge on any atom is 0.00701 e. The SMILES string of the molecule is CCCCC(CCC)C1CCNC1C. The fourth-order valence-electron chi connectivity index (χ4n) is 2.93. The fourth-order valence-corrected chi connectivity index (χ4v) is 2.93. The van der Waals surface area contributed by atoms with Gasteiger partial charge in [0.25, 0.3) is 0 Å². The van der Waals surface area contributed by atoms with Gasteiger partial charge in [0, 0.05) is 6.04 Å². The molecule has 1 saturated heterocycles. The zero-order valence-electron chi connectivity index (χ0n) is 10.2. The molecule has 0 saturated carbocycles. The van der Waals surface area contributed by atoms with Gasteiger partial charge in [-0.2, -0.15) is 0 Å². The maximum absolute atomic E-state index is 3.58. The first-order valence-corrected chi connectivity index (χ1v) is 6.53. The molecule has 3 unspecified atom stereocenters. The highest BCUT2D eigenvalue weighted by molar-refractivity contribution is 4.85.